The molecule has 2 aromatic carbocycles. The van der Waals surface area contributed by atoms with Crippen LogP contribution in [-0.2, 0) is 11.2 Å². The van der Waals surface area contributed by atoms with E-state index in [9.17, 15) is 4.79 Å². The highest BCUT2D eigenvalue weighted by Gasteiger charge is 2.29. The molecule has 1 aliphatic rings. The monoisotopic (exact) mass is 309 g/mol. The zero-order valence-corrected chi connectivity index (χ0v) is 13.8. The van der Waals surface area contributed by atoms with Crippen molar-refractivity contribution in [3.63, 3.8) is 0 Å². The van der Waals surface area contributed by atoms with Crippen LogP contribution < -0.4 is 9.64 Å². The van der Waals surface area contributed by atoms with Crippen LogP contribution in [0.25, 0.3) is 0 Å². The summed E-state index contributed by atoms with van der Waals surface area (Å²) in [6, 6.07) is 16.4. The van der Waals surface area contributed by atoms with Gasteiger partial charge in [-0.1, -0.05) is 30.3 Å². The number of carbonyl (C=O) groups excluding carboxylic acids is 1. The van der Waals surface area contributed by atoms with E-state index in [-0.39, 0.29) is 11.9 Å². The number of fused-ring (bicyclic) bond motifs is 1. The summed E-state index contributed by atoms with van der Waals surface area (Å²) in [4.78, 5) is 14.5. The van der Waals surface area contributed by atoms with Gasteiger partial charge in [-0.15, -0.1) is 0 Å². The molecular formula is C20H23NO2. The van der Waals surface area contributed by atoms with Crippen molar-refractivity contribution in [3.8, 4) is 5.75 Å². The maximum absolute atomic E-state index is 12.6. The number of para-hydroxylation sites is 1. The van der Waals surface area contributed by atoms with Crippen LogP contribution in [0.3, 0.4) is 0 Å². The third kappa shape index (κ3) is 3.55. The van der Waals surface area contributed by atoms with Gasteiger partial charge in [0.15, 0.2) is 0 Å². The minimum absolute atomic E-state index is 0.190. The van der Waals surface area contributed by atoms with E-state index in [1.807, 2.05) is 54.3 Å². The molecule has 0 radical (unpaired) electrons. The third-order valence-electron chi connectivity index (χ3n) is 4.27. The molecule has 0 fully saturated rings. The van der Waals surface area contributed by atoms with Crippen molar-refractivity contribution in [2.45, 2.75) is 39.2 Å². The minimum Gasteiger partial charge on any atom is -0.494 e. The standard InChI is InChI=1S/C20H23NO2/c1-15-7-5-9-18(13-15)23-12-6-11-20(22)21-16(2)14-17-8-3-4-10-19(17)21/h3-5,7-10,13,16H,6,11-12,14H2,1-2H3. The summed E-state index contributed by atoms with van der Waals surface area (Å²) in [6.45, 7) is 4.72. The lowest BCUT2D eigenvalue weighted by Gasteiger charge is -2.22. The first kappa shape index (κ1) is 15.6. The van der Waals surface area contributed by atoms with Gasteiger partial charge in [0.25, 0.3) is 0 Å². The molecule has 120 valence electrons. The van der Waals surface area contributed by atoms with Crippen LogP contribution in [-0.4, -0.2) is 18.6 Å². The van der Waals surface area contributed by atoms with Gasteiger partial charge in [0, 0.05) is 18.2 Å². The summed E-state index contributed by atoms with van der Waals surface area (Å²) in [5, 5.41) is 0. The second-order valence-electron chi connectivity index (χ2n) is 6.21. The van der Waals surface area contributed by atoms with Gasteiger partial charge in [-0.2, -0.15) is 0 Å². The molecule has 0 saturated carbocycles. The predicted molar refractivity (Wildman–Crippen MR) is 93.0 cm³/mol. The number of hydrogen-bond acceptors (Lipinski definition) is 2. The zero-order valence-electron chi connectivity index (χ0n) is 13.8. The zero-order chi connectivity index (χ0) is 16.2. The highest BCUT2D eigenvalue weighted by molar-refractivity contribution is 5.96. The number of nitrogens with zero attached hydrogens (tertiary/aromatic N) is 1. The highest BCUT2D eigenvalue weighted by atomic mass is 16.5. The van der Waals surface area contributed by atoms with Crippen LogP contribution in [0, 0.1) is 6.92 Å². The maximum atomic E-state index is 12.6. The summed E-state index contributed by atoms with van der Waals surface area (Å²) in [5.41, 5.74) is 3.52. The average Bonchev–Trinajstić information content (AvgIpc) is 2.87. The molecule has 0 N–H and O–H groups in total. The van der Waals surface area contributed by atoms with E-state index < -0.39 is 0 Å². The molecular weight excluding hydrogens is 286 g/mol. The van der Waals surface area contributed by atoms with E-state index in [1.165, 1.54) is 11.1 Å². The van der Waals surface area contributed by atoms with Gasteiger partial charge in [-0.3, -0.25) is 4.79 Å². The second-order valence-corrected chi connectivity index (χ2v) is 6.21. The Balaban J connectivity index is 1.52. The largest absolute Gasteiger partial charge is 0.494 e. The van der Waals surface area contributed by atoms with Crippen LogP contribution in [0.5, 0.6) is 5.75 Å². The molecule has 0 bridgehead atoms. The van der Waals surface area contributed by atoms with Gasteiger partial charge < -0.3 is 9.64 Å². The topological polar surface area (TPSA) is 29.5 Å². The molecule has 3 nitrogen and oxygen atoms in total. The van der Waals surface area contributed by atoms with Gasteiger partial charge in [-0.25, -0.2) is 0 Å². The average molecular weight is 309 g/mol. The normalized spacial score (nSPS) is 16.3. The van der Waals surface area contributed by atoms with Crippen molar-refractivity contribution in [3.05, 3.63) is 59.7 Å². The number of carbonyl (C=O) groups is 1. The Kier molecular flexibility index (Phi) is 4.65. The fraction of sp³-hybridized carbons (Fsp3) is 0.350. The van der Waals surface area contributed by atoms with E-state index in [1.54, 1.807) is 0 Å². The van der Waals surface area contributed by atoms with Crippen LogP contribution >= 0.6 is 0 Å². The lowest BCUT2D eigenvalue weighted by atomic mass is 10.1. The molecule has 0 aromatic heterocycles. The first-order chi connectivity index (χ1) is 11.1. The van der Waals surface area contributed by atoms with Crippen LogP contribution in [0.15, 0.2) is 48.5 Å². The van der Waals surface area contributed by atoms with Crippen molar-refractivity contribution in [1.29, 1.82) is 0 Å². The lowest BCUT2D eigenvalue weighted by molar-refractivity contribution is -0.119. The number of hydrogen-bond donors (Lipinski definition) is 0. The van der Waals surface area contributed by atoms with Gasteiger partial charge in [-0.05, 0) is 56.0 Å². The quantitative estimate of drug-likeness (QED) is 0.777. The van der Waals surface area contributed by atoms with Gasteiger partial charge in [0.1, 0.15) is 5.75 Å². The van der Waals surface area contributed by atoms with Crippen LogP contribution in [0.4, 0.5) is 5.69 Å². The number of ether oxygens (including phenoxy) is 1. The molecule has 1 unspecified atom stereocenters. The number of amides is 1. The maximum Gasteiger partial charge on any atom is 0.227 e. The predicted octanol–water partition coefficient (Wildman–Crippen LogP) is 4.13. The smallest absolute Gasteiger partial charge is 0.227 e. The van der Waals surface area contributed by atoms with E-state index >= 15 is 0 Å². The minimum atomic E-state index is 0.190. The van der Waals surface area contributed by atoms with Crippen molar-refractivity contribution < 1.29 is 9.53 Å². The third-order valence-corrected chi connectivity index (χ3v) is 4.27. The number of rotatable bonds is 5. The molecule has 0 aliphatic carbocycles. The molecule has 3 heteroatoms. The molecule has 0 spiro atoms. The van der Waals surface area contributed by atoms with Crippen molar-refractivity contribution >= 4 is 11.6 Å². The molecule has 2 aromatic rings. The molecule has 1 atom stereocenters. The van der Waals surface area contributed by atoms with E-state index in [2.05, 4.69) is 13.0 Å². The Hall–Kier alpha value is -2.29. The molecule has 1 amide bonds. The van der Waals surface area contributed by atoms with Crippen molar-refractivity contribution in [2.24, 2.45) is 0 Å². The fourth-order valence-electron chi connectivity index (χ4n) is 3.18. The number of aryl methyl sites for hydroxylation is 1. The number of anilines is 1. The number of benzene rings is 2. The van der Waals surface area contributed by atoms with E-state index in [0.717, 1.165) is 24.3 Å². The van der Waals surface area contributed by atoms with E-state index in [4.69, 9.17) is 4.74 Å². The molecule has 0 saturated heterocycles. The second kappa shape index (κ2) is 6.86. The van der Waals surface area contributed by atoms with Crippen LogP contribution in [0.1, 0.15) is 30.9 Å². The Morgan fingerprint density at radius 1 is 1.22 bits per heavy atom. The molecule has 3 rings (SSSR count). The highest BCUT2D eigenvalue weighted by Crippen LogP contribution is 2.32. The molecule has 1 heterocycles. The van der Waals surface area contributed by atoms with Gasteiger partial charge >= 0.3 is 0 Å². The summed E-state index contributed by atoms with van der Waals surface area (Å²) < 4.78 is 5.73. The summed E-state index contributed by atoms with van der Waals surface area (Å²) in [5.74, 6) is 1.06. The molecule has 23 heavy (non-hydrogen) atoms. The fourth-order valence-corrected chi connectivity index (χ4v) is 3.18. The Bertz CT molecular complexity index is 696. The van der Waals surface area contributed by atoms with Gasteiger partial charge in [0.2, 0.25) is 5.91 Å². The SMILES string of the molecule is Cc1cccc(OCCCC(=O)N2c3ccccc3CC2C)c1. The van der Waals surface area contributed by atoms with Crippen molar-refractivity contribution in [1.82, 2.24) is 0 Å². The van der Waals surface area contributed by atoms with Gasteiger partial charge in [0.05, 0.1) is 6.61 Å². The first-order valence-electron chi connectivity index (χ1n) is 8.24. The van der Waals surface area contributed by atoms with E-state index in [0.29, 0.717) is 13.0 Å². The van der Waals surface area contributed by atoms with Crippen LogP contribution in [0.2, 0.25) is 0 Å². The summed E-state index contributed by atoms with van der Waals surface area (Å²) in [6.07, 6.45) is 2.20. The Morgan fingerprint density at radius 2 is 2.04 bits per heavy atom. The van der Waals surface area contributed by atoms with Crippen molar-refractivity contribution in [2.75, 3.05) is 11.5 Å². The summed E-state index contributed by atoms with van der Waals surface area (Å²) >= 11 is 0. The first-order valence-corrected chi connectivity index (χ1v) is 8.24. The molecule has 1 aliphatic heterocycles. The Morgan fingerprint density at radius 3 is 2.87 bits per heavy atom. The lowest BCUT2D eigenvalue weighted by Crippen LogP contribution is -2.35. The summed E-state index contributed by atoms with van der Waals surface area (Å²) in [7, 11) is 0. The Labute approximate surface area is 137 Å².